The Morgan fingerprint density at radius 3 is 2.53 bits per heavy atom. The van der Waals surface area contributed by atoms with Crippen molar-refractivity contribution < 1.29 is 5.21 Å². The van der Waals surface area contributed by atoms with Crippen LogP contribution >= 0.6 is 0 Å². The number of rotatable bonds is 2. The van der Waals surface area contributed by atoms with E-state index in [0.717, 1.165) is 16.3 Å². The number of nitrogens with two attached hydrogens (primary N) is 1. The van der Waals surface area contributed by atoms with Gasteiger partial charge in [0.15, 0.2) is 0 Å². The van der Waals surface area contributed by atoms with Gasteiger partial charge in [-0.25, -0.2) is 0 Å². The normalized spacial score (nSPS) is 11.9. The summed E-state index contributed by atoms with van der Waals surface area (Å²) < 4.78 is 0. The highest BCUT2D eigenvalue weighted by atomic mass is 16.4. The van der Waals surface area contributed by atoms with Gasteiger partial charge < -0.3 is 10.9 Å². The van der Waals surface area contributed by atoms with Gasteiger partial charge in [-0.3, -0.25) is 0 Å². The summed E-state index contributed by atoms with van der Waals surface area (Å²) in [5, 5.41) is 14.2. The van der Waals surface area contributed by atoms with Crippen molar-refractivity contribution in [3.8, 4) is 0 Å². The zero-order valence-electron chi connectivity index (χ0n) is 8.22. The third-order valence-corrected chi connectivity index (χ3v) is 2.40. The molecule has 2 rings (SSSR count). The molecule has 0 atom stereocenters. The average molecular weight is 200 g/mol. The molecule has 0 spiro atoms. The number of oxime groups is 1. The minimum Gasteiger partial charge on any atom is -0.411 e. The third-order valence-electron chi connectivity index (χ3n) is 2.40. The lowest BCUT2D eigenvalue weighted by Crippen LogP contribution is -2.14. The van der Waals surface area contributed by atoms with Crippen LogP contribution in [0.3, 0.4) is 0 Å². The van der Waals surface area contributed by atoms with Gasteiger partial charge in [0.2, 0.25) is 0 Å². The molecule has 2 aromatic rings. The van der Waals surface area contributed by atoms with Crippen LogP contribution in [0.1, 0.15) is 5.56 Å². The molecule has 0 unspecified atom stereocenters. The standard InChI is InChI=1S/C12H12N2O/c13-8-12(14-15)11-6-5-9-3-1-2-4-10(9)7-11/h1-7,15H,8,13H2. The second kappa shape index (κ2) is 4.11. The molecule has 0 heterocycles. The summed E-state index contributed by atoms with van der Waals surface area (Å²) in [6.45, 7) is 0.231. The molecule has 3 N–H and O–H groups in total. The zero-order chi connectivity index (χ0) is 10.7. The minimum atomic E-state index is 0.231. The van der Waals surface area contributed by atoms with E-state index in [2.05, 4.69) is 5.16 Å². The highest BCUT2D eigenvalue weighted by Crippen LogP contribution is 2.15. The molecule has 0 saturated heterocycles. The van der Waals surface area contributed by atoms with E-state index >= 15 is 0 Å². The van der Waals surface area contributed by atoms with Gasteiger partial charge in [-0.2, -0.15) is 0 Å². The van der Waals surface area contributed by atoms with Crippen molar-refractivity contribution in [3.05, 3.63) is 48.0 Å². The Hall–Kier alpha value is -1.87. The van der Waals surface area contributed by atoms with Gasteiger partial charge in [-0.1, -0.05) is 41.6 Å². The number of hydrogen-bond donors (Lipinski definition) is 2. The molecule has 15 heavy (non-hydrogen) atoms. The van der Waals surface area contributed by atoms with E-state index < -0.39 is 0 Å². The van der Waals surface area contributed by atoms with E-state index in [1.807, 2.05) is 42.5 Å². The molecule has 0 aliphatic rings. The monoisotopic (exact) mass is 200 g/mol. The zero-order valence-corrected chi connectivity index (χ0v) is 8.22. The van der Waals surface area contributed by atoms with E-state index in [0.29, 0.717) is 5.71 Å². The lowest BCUT2D eigenvalue weighted by atomic mass is 10.0. The maximum absolute atomic E-state index is 8.76. The second-order valence-corrected chi connectivity index (χ2v) is 3.31. The average Bonchev–Trinajstić information content (AvgIpc) is 2.30. The van der Waals surface area contributed by atoms with Crippen LogP contribution in [0.4, 0.5) is 0 Å². The van der Waals surface area contributed by atoms with E-state index in [9.17, 15) is 0 Å². The minimum absolute atomic E-state index is 0.231. The van der Waals surface area contributed by atoms with Crippen LogP contribution in [0, 0.1) is 0 Å². The molecule has 0 fully saturated rings. The first-order chi connectivity index (χ1) is 7.35. The van der Waals surface area contributed by atoms with Crippen LogP contribution in [0.15, 0.2) is 47.6 Å². The molecule has 0 radical (unpaired) electrons. The van der Waals surface area contributed by atoms with Crippen LogP contribution < -0.4 is 5.73 Å². The quantitative estimate of drug-likeness (QED) is 0.442. The maximum Gasteiger partial charge on any atom is 0.100 e. The summed E-state index contributed by atoms with van der Waals surface area (Å²) in [5.41, 5.74) is 6.83. The lowest BCUT2D eigenvalue weighted by molar-refractivity contribution is 0.318. The van der Waals surface area contributed by atoms with Gasteiger partial charge in [0, 0.05) is 12.1 Å². The van der Waals surface area contributed by atoms with Crippen molar-refractivity contribution in [1.82, 2.24) is 0 Å². The number of fused-ring (bicyclic) bond motifs is 1. The van der Waals surface area contributed by atoms with Crippen LogP contribution in [-0.4, -0.2) is 17.5 Å². The number of benzene rings is 2. The van der Waals surface area contributed by atoms with Gasteiger partial charge in [-0.05, 0) is 16.8 Å². The summed E-state index contributed by atoms with van der Waals surface area (Å²) in [6, 6.07) is 13.9. The lowest BCUT2D eigenvalue weighted by Gasteiger charge is -2.03. The fourth-order valence-electron chi connectivity index (χ4n) is 1.59. The highest BCUT2D eigenvalue weighted by molar-refractivity contribution is 6.04. The first-order valence-electron chi connectivity index (χ1n) is 4.75. The molecule has 0 aliphatic carbocycles. The van der Waals surface area contributed by atoms with Gasteiger partial charge >= 0.3 is 0 Å². The van der Waals surface area contributed by atoms with Crippen LogP contribution in [0.2, 0.25) is 0 Å². The smallest absolute Gasteiger partial charge is 0.100 e. The van der Waals surface area contributed by atoms with Crippen LogP contribution in [-0.2, 0) is 0 Å². The molecule has 0 aliphatic heterocycles. The maximum atomic E-state index is 8.76. The van der Waals surface area contributed by atoms with E-state index in [-0.39, 0.29) is 6.54 Å². The van der Waals surface area contributed by atoms with Gasteiger partial charge in [0.1, 0.15) is 5.71 Å². The Morgan fingerprint density at radius 2 is 1.87 bits per heavy atom. The van der Waals surface area contributed by atoms with Crippen molar-refractivity contribution in [1.29, 1.82) is 0 Å². The Bertz CT molecular complexity index is 506. The second-order valence-electron chi connectivity index (χ2n) is 3.31. The van der Waals surface area contributed by atoms with E-state index in [1.54, 1.807) is 0 Å². The molecule has 0 bridgehead atoms. The largest absolute Gasteiger partial charge is 0.411 e. The summed E-state index contributed by atoms with van der Waals surface area (Å²) in [6.07, 6.45) is 0. The molecular formula is C12H12N2O. The van der Waals surface area contributed by atoms with E-state index in [4.69, 9.17) is 10.9 Å². The topological polar surface area (TPSA) is 58.6 Å². The highest BCUT2D eigenvalue weighted by Gasteiger charge is 2.02. The Balaban J connectivity index is 2.56. The van der Waals surface area contributed by atoms with Crippen LogP contribution in [0.25, 0.3) is 10.8 Å². The molecule has 0 amide bonds. The van der Waals surface area contributed by atoms with Crippen molar-refractivity contribution >= 4 is 16.5 Å². The van der Waals surface area contributed by atoms with Crippen LogP contribution in [0.5, 0.6) is 0 Å². The Kier molecular flexibility index (Phi) is 2.65. The number of hydrogen-bond acceptors (Lipinski definition) is 3. The summed E-state index contributed by atoms with van der Waals surface area (Å²) in [5.74, 6) is 0. The Labute approximate surface area is 87.8 Å². The van der Waals surface area contributed by atoms with Crippen molar-refractivity contribution in [2.75, 3.05) is 6.54 Å². The third kappa shape index (κ3) is 1.82. The Morgan fingerprint density at radius 1 is 1.13 bits per heavy atom. The molecule has 0 saturated carbocycles. The molecule has 2 aromatic carbocycles. The van der Waals surface area contributed by atoms with Crippen molar-refractivity contribution in [2.24, 2.45) is 10.9 Å². The van der Waals surface area contributed by atoms with Gasteiger partial charge in [0.25, 0.3) is 0 Å². The first kappa shape index (κ1) is 9.68. The fraction of sp³-hybridized carbons (Fsp3) is 0.0833. The summed E-state index contributed by atoms with van der Waals surface area (Å²) in [7, 11) is 0. The predicted molar refractivity (Wildman–Crippen MR) is 61.3 cm³/mol. The molecule has 3 heteroatoms. The summed E-state index contributed by atoms with van der Waals surface area (Å²) >= 11 is 0. The fourth-order valence-corrected chi connectivity index (χ4v) is 1.59. The van der Waals surface area contributed by atoms with Gasteiger partial charge in [0.05, 0.1) is 0 Å². The number of nitrogens with zero attached hydrogens (tertiary/aromatic N) is 1. The first-order valence-corrected chi connectivity index (χ1v) is 4.75. The molecule has 76 valence electrons. The van der Waals surface area contributed by atoms with Crippen molar-refractivity contribution in [3.63, 3.8) is 0 Å². The van der Waals surface area contributed by atoms with Gasteiger partial charge in [-0.15, -0.1) is 0 Å². The van der Waals surface area contributed by atoms with E-state index in [1.165, 1.54) is 0 Å². The molecular weight excluding hydrogens is 188 g/mol. The summed E-state index contributed by atoms with van der Waals surface area (Å²) in [4.78, 5) is 0. The van der Waals surface area contributed by atoms with Crippen molar-refractivity contribution in [2.45, 2.75) is 0 Å². The SMILES string of the molecule is NCC(=NO)c1ccc2ccccc2c1. The molecule has 3 nitrogen and oxygen atoms in total. The molecule has 0 aromatic heterocycles. The predicted octanol–water partition coefficient (Wildman–Crippen LogP) is 1.98.